The minimum Gasteiger partial charge on any atom is -0.494 e. The molecule has 0 radical (unpaired) electrons. The van der Waals surface area contributed by atoms with E-state index in [1.165, 1.54) is 4.91 Å². The number of allylic oxidation sites excluding steroid dienone is 2. The number of thioether (sulfide) groups is 1. The maximum Gasteiger partial charge on any atom is 0.179 e. The number of rotatable bonds is 2. The molecular weight excluding hydrogens is 246 g/mol. The first-order valence-corrected chi connectivity index (χ1v) is 7.07. The van der Waals surface area contributed by atoms with Crippen molar-refractivity contribution in [1.29, 1.82) is 0 Å². The fraction of sp³-hybridized carbons (Fsp3) is 0.357. The fourth-order valence-electron chi connectivity index (χ4n) is 2.27. The molecular formula is C14H15NO2S. The molecule has 0 unspecified atom stereocenters. The molecule has 0 amide bonds. The molecule has 0 fully saturated rings. The zero-order valence-corrected chi connectivity index (χ0v) is 11.1. The van der Waals surface area contributed by atoms with Crippen molar-refractivity contribution < 1.29 is 9.53 Å². The first kappa shape index (κ1) is 11.7. The van der Waals surface area contributed by atoms with Gasteiger partial charge in [-0.05, 0) is 38.0 Å². The van der Waals surface area contributed by atoms with Crippen molar-refractivity contribution in [3.8, 4) is 5.75 Å². The quantitative estimate of drug-likeness (QED) is 0.883. The van der Waals surface area contributed by atoms with Gasteiger partial charge in [0, 0.05) is 16.2 Å². The molecule has 0 spiro atoms. The fourth-order valence-corrected chi connectivity index (χ4v) is 3.45. The van der Waals surface area contributed by atoms with Crippen molar-refractivity contribution >= 4 is 23.2 Å². The minimum atomic E-state index is 0.239. The molecule has 3 rings (SSSR count). The number of hydrogen-bond acceptors (Lipinski definition) is 4. The summed E-state index contributed by atoms with van der Waals surface area (Å²) in [5.41, 5.74) is 1.82. The average molecular weight is 261 g/mol. The Balaban J connectivity index is 1.93. The molecule has 94 valence electrons. The van der Waals surface area contributed by atoms with Crippen LogP contribution in [-0.4, -0.2) is 12.4 Å². The van der Waals surface area contributed by atoms with Gasteiger partial charge in [0.1, 0.15) is 5.75 Å². The molecule has 1 heterocycles. The third-order valence-corrected chi connectivity index (χ3v) is 4.33. The van der Waals surface area contributed by atoms with Crippen molar-refractivity contribution in [2.45, 2.75) is 31.1 Å². The monoisotopic (exact) mass is 261 g/mol. The van der Waals surface area contributed by atoms with Crippen LogP contribution in [0.1, 0.15) is 26.2 Å². The number of nitrogens with one attached hydrogen (secondary N) is 1. The number of hydrogen-bond donors (Lipinski definition) is 1. The summed E-state index contributed by atoms with van der Waals surface area (Å²) in [5.74, 6) is 1.13. The van der Waals surface area contributed by atoms with Crippen LogP contribution >= 0.6 is 11.8 Å². The largest absolute Gasteiger partial charge is 0.494 e. The highest BCUT2D eigenvalue weighted by atomic mass is 32.2. The molecule has 3 nitrogen and oxygen atoms in total. The van der Waals surface area contributed by atoms with Crippen LogP contribution in [0.2, 0.25) is 0 Å². The molecule has 0 bridgehead atoms. The second kappa shape index (κ2) is 4.69. The lowest BCUT2D eigenvalue weighted by Gasteiger charge is -2.26. The summed E-state index contributed by atoms with van der Waals surface area (Å²) in [4.78, 5) is 14.2. The maximum absolute atomic E-state index is 11.8. The normalized spacial score (nSPS) is 17.9. The van der Waals surface area contributed by atoms with Gasteiger partial charge >= 0.3 is 0 Å². The number of ketones is 1. The average Bonchev–Trinajstić information content (AvgIpc) is 2.38. The molecule has 1 aromatic carbocycles. The van der Waals surface area contributed by atoms with Gasteiger partial charge < -0.3 is 10.1 Å². The summed E-state index contributed by atoms with van der Waals surface area (Å²) in [6.45, 7) is 2.65. The van der Waals surface area contributed by atoms with E-state index in [0.29, 0.717) is 13.0 Å². The van der Waals surface area contributed by atoms with Crippen molar-refractivity contribution in [1.82, 2.24) is 0 Å². The van der Waals surface area contributed by atoms with Crippen LogP contribution in [0.3, 0.4) is 0 Å². The minimum absolute atomic E-state index is 0.239. The number of anilines is 1. The Labute approximate surface area is 111 Å². The van der Waals surface area contributed by atoms with E-state index in [1.807, 2.05) is 25.1 Å². The van der Waals surface area contributed by atoms with E-state index >= 15 is 0 Å². The smallest absolute Gasteiger partial charge is 0.179 e. The van der Waals surface area contributed by atoms with Gasteiger partial charge in [-0.1, -0.05) is 11.8 Å². The lowest BCUT2D eigenvalue weighted by Crippen LogP contribution is -2.20. The Morgan fingerprint density at radius 1 is 1.39 bits per heavy atom. The molecule has 1 aromatic rings. The van der Waals surface area contributed by atoms with E-state index in [2.05, 4.69) is 5.32 Å². The lowest BCUT2D eigenvalue weighted by molar-refractivity contribution is -0.115. The molecule has 4 heteroatoms. The van der Waals surface area contributed by atoms with Gasteiger partial charge in [0.05, 0.1) is 18.0 Å². The summed E-state index contributed by atoms with van der Waals surface area (Å²) in [7, 11) is 0. The Bertz CT molecular complexity index is 537. The third-order valence-electron chi connectivity index (χ3n) is 3.12. The van der Waals surface area contributed by atoms with Gasteiger partial charge in [-0.2, -0.15) is 0 Å². The first-order chi connectivity index (χ1) is 8.78. The second-order valence-electron chi connectivity index (χ2n) is 4.39. The molecule has 1 aliphatic heterocycles. The van der Waals surface area contributed by atoms with Crippen molar-refractivity contribution in [2.24, 2.45) is 0 Å². The number of ether oxygens (including phenoxy) is 1. The van der Waals surface area contributed by atoms with Gasteiger partial charge in [0.2, 0.25) is 0 Å². The standard InChI is InChI=1S/C14H15NO2S/c1-2-17-9-6-7-10-13(8-9)18-12-5-3-4-11(16)14(12)15-10/h6-8,15H,2-5H2,1H3. The third kappa shape index (κ3) is 2.01. The topological polar surface area (TPSA) is 38.3 Å². The summed E-state index contributed by atoms with van der Waals surface area (Å²) >= 11 is 1.70. The van der Waals surface area contributed by atoms with Crippen molar-refractivity contribution in [2.75, 3.05) is 11.9 Å². The Morgan fingerprint density at radius 3 is 3.11 bits per heavy atom. The summed E-state index contributed by atoms with van der Waals surface area (Å²) in [6.07, 6.45) is 2.63. The van der Waals surface area contributed by atoms with Gasteiger partial charge in [-0.3, -0.25) is 4.79 Å². The van der Waals surface area contributed by atoms with Crippen LogP contribution in [0.25, 0.3) is 0 Å². The zero-order valence-electron chi connectivity index (χ0n) is 10.3. The number of fused-ring (bicyclic) bond motifs is 1. The first-order valence-electron chi connectivity index (χ1n) is 6.26. The molecule has 0 saturated carbocycles. The van der Waals surface area contributed by atoms with E-state index in [4.69, 9.17) is 4.74 Å². The van der Waals surface area contributed by atoms with E-state index in [1.54, 1.807) is 11.8 Å². The number of carbonyl (C=O) groups is 1. The van der Waals surface area contributed by atoms with Gasteiger partial charge in [0.15, 0.2) is 5.78 Å². The predicted molar refractivity (Wildman–Crippen MR) is 73.0 cm³/mol. The second-order valence-corrected chi connectivity index (χ2v) is 5.53. The van der Waals surface area contributed by atoms with Gasteiger partial charge in [0.25, 0.3) is 0 Å². The van der Waals surface area contributed by atoms with Crippen LogP contribution < -0.4 is 10.1 Å². The van der Waals surface area contributed by atoms with Gasteiger partial charge in [-0.25, -0.2) is 0 Å². The predicted octanol–water partition coefficient (Wildman–Crippen LogP) is 3.57. The lowest BCUT2D eigenvalue weighted by atomic mass is 10.0. The highest BCUT2D eigenvalue weighted by molar-refractivity contribution is 8.03. The van der Waals surface area contributed by atoms with E-state index < -0.39 is 0 Å². The molecule has 2 aliphatic rings. The summed E-state index contributed by atoms with van der Waals surface area (Å²) in [5, 5.41) is 3.27. The maximum atomic E-state index is 11.8. The highest BCUT2D eigenvalue weighted by Crippen LogP contribution is 2.45. The molecule has 1 aliphatic carbocycles. The highest BCUT2D eigenvalue weighted by Gasteiger charge is 2.26. The van der Waals surface area contributed by atoms with Crippen LogP contribution in [0.5, 0.6) is 5.75 Å². The molecule has 0 saturated heterocycles. The number of carbonyl (C=O) groups excluding carboxylic acids is 1. The molecule has 1 N–H and O–H groups in total. The Morgan fingerprint density at radius 2 is 2.28 bits per heavy atom. The summed E-state index contributed by atoms with van der Waals surface area (Å²) < 4.78 is 5.50. The Hall–Kier alpha value is -1.42. The van der Waals surface area contributed by atoms with Crippen molar-refractivity contribution in [3.05, 3.63) is 28.8 Å². The van der Waals surface area contributed by atoms with Crippen LogP contribution in [-0.2, 0) is 4.79 Å². The van der Waals surface area contributed by atoms with E-state index in [-0.39, 0.29) is 5.78 Å². The SMILES string of the molecule is CCOc1ccc2c(c1)SC1=C(N2)C(=O)CCC1. The van der Waals surface area contributed by atoms with E-state index in [9.17, 15) is 4.79 Å². The van der Waals surface area contributed by atoms with Crippen molar-refractivity contribution in [3.63, 3.8) is 0 Å². The molecule has 18 heavy (non-hydrogen) atoms. The Kier molecular flexibility index (Phi) is 3.04. The van der Waals surface area contributed by atoms with Gasteiger partial charge in [-0.15, -0.1) is 0 Å². The van der Waals surface area contributed by atoms with Crippen LogP contribution in [0.4, 0.5) is 5.69 Å². The van der Waals surface area contributed by atoms with E-state index in [0.717, 1.165) is 34.9 Å². The summed E-state index contributed by atoms with van der Waals surface area (Å²) in [6, 6.07) is 5.97. The van der Waals surface area contributed by atoms with Crippen LogP contribution in [0.15, 0.2) is 33.7 Å². The molecule has 0 aromatic heterocycles. The number of benzene rings is 1. The number of Topliss-reactive ketones (excluding diaryl/α,β-unsaturated/α-hetero) is 1. The van der Waals surface area contributed by atoms with Crippen LogP contribution in [0, 0.1) is 0 Å². The molecule has 0 atom stereocenters. The zero-order chi connectivity index (χ0) is 12.5.